The van der Waals surface area contributed by atoms with Crippen LogP contribution in [0, 0.1) is 11.8 Å². The minimum atomic E-state index is 0.133. The Balaban J connectivity index is 2.57. The molecule has 14 heavy (non-hydrogen) atoms. The second-order valence-electron chi connectivity index (χ2n) is 5.08. The quantitative estimate of drug-likeness (QED) is 0.730. The standard InChI is InChI=1S/C13H27N/c1-4-11-8-7-9-12(10-11)13(14,5-2)6-3/h11-12H,4-10,14H2,1-3H3. The van der Waals surface area contributed by atoms with Gasteiger partial charge in [-0.1, -0.05) is 40.0 Å². The predicted molar refractivity (Wildman–Crippen MR) is 63.2 cm³/mol. The highest BCUT2D eigenvalue weighted by Gasteiger charge is 2.34. The highest BCUT2D eigenvalue weighted by atomic mass is 14.8. The summed E-state index contributed by atoms with van der Waals surface area (Å²) in [6, 6.07) is 0. The lowest BCUT2D eigenvalue weighted by Crippen LogP contribution is -2.47. The lowest BCUT2D eigenvalue weighted by atomic mass is 9.69. The molecule has 2 N–H and O–H groups in total. The Labute approximate surface area is 89.5 Å². The lowest BCUT2D eigenvalue weighted by molar-refractivity contribution is 0.152. The van der Waals surface area contributed by atoms with E-state index in [4.69, 9.17) is 5.73 Å². The third-order valence-corrected chi connectivity index (χ3v) is 4.49. The first-order valence-electron chi connectivity index (χ1n) is 6.45. The van der Waals surface area contributed by atoms with Crippen molar-refractivity contribution in [3.05, 3.63) is 0 Å². The molecule has 0 aromatic rings. The van der Waals surface area contributed by atoms with Crippen molar-refractivity contribution in [1.82, 2.24) is 0 Å². The maximum atomic E-state index is 6.49. The fourth-order valence-corrected chi connectivity index (χ4v) is 3.01. The molecule has 0 aliphatic heterocycles. The molecule has 0 saturated heterocycles. The molecule has 1 heteroatoms. The van der Waals surface area contributed by atoms with Gasteiger partial charge in [0.05, 0.1) is 0 Å². The largest absolute Gasteiger partial charge is 0.325 e. The van der Waals surface area contributed by atoms with Crippen molar-refractivity contribution in [2.75, 3.05) is 0 Å². The van der Waals surface area contributed by atoms with Gasteiger partial charge >= 0.3 is 0 Å². The van der Waals surface area contributed by atoms with E-state index in [1.54, 1.807) is 0 Å². The highest BCUT2D eigenvalue weighted by Crippen LogP contribution is 2.38. The van der Waals surface area contributed by atoms with Crippen LogP contribution in [0.5, 0.6) is 0 Å². The molecule has 1 aliphatic rings. The van der Waals surface area contributed by atoms with Crippen molar-refractivity contribution in [1.29, 1.82) is 0 Å². The molecule has 1 saturated carbocycles. The second-order valence-corrected chi connectivity index (χ2v) is 5.08. The number of nitrogens with two attached hydrogens (primary N) is 1. The average Bonchev–Trinajstić information content (AvgIpc) is 2.28. The maximum absolute atomic E-state index is 6.49. The molecule has 0 amide bonds. The van der Waals surface area contributed by atoms with E-state index in [1.807, 2.05) is 0 Å². The third-order valence-electron chi connectivity index (χ3n) is 4.49. The van der Waals surface area contributed by atoms with Gasteiger partial charge in [-0.15, -0.1) is 0 Å². The molecule has 1 fully saturated rings. The molecular formula is C13H27N. The first-order chi connectivity index (χ1) is 6.66. The third kappa shape index (κ3) is 2.50. The molecule has 0 spiro atoms. The van der Waals surface area contributed by atoms with Crippen LogP contribution >= 0.6 is 0 Å². The van der Waals surface area contributed by atoms with Gasteiger partial charge in [0, 0.05) is 5.54 Å². The fourth-order valence-electron chi connectivity index (χ4n) is 3.01. The molecular weight excluding hydrogens is 170 g/mol. The van der Waals surface area contributed by atoms with Crippen molar-refractivity contribution >= 4 is 0 Å². The fraction of sp³-hybridized carbons (Fsp3) is 1.00. The van der Waals surface area contributed by atoms with Crippen LogP contribution in [0.25, 0.3) is 0 Å². The zero-order valence-electron chi connectivity index (χ0n) is 10.2. The van der Waals surface area contributed by atoms with Gasteiger partial charge in [0.2, 0.25) is 0 Å². The molecule has 0 aromatic carbocycles. The minimum absolute atomic E-state index is 0.133. The first-order valence-corrected chi connectivity index (χ1v) is 6.45. The minimum Gasteiger partial charge on any atom is -0.325 e. The van der Waals surface area contributed by atoms with E-state index in [0.29, 0.717) is 0 Å². The Morgan fingerprint density at radius 3 is 2.29 bits per heavy atom. The van der Waals surface area contributed by atoms with Crippen molar-refractivity contribution in [3.8, 4) is 0 Å². The first kappa shape index (κ1) is 12.0. The molecule has 0 bridgehead atoms. The Morgan fingerprint density at radius 2 is 1.79 bits per heavy atom. The Kier molecular flexibility index (Phi) is 4.43. The van der Waals surface area contributed by atoms with Crippen LogP contribution in [0.3, 0.4) is 0 Å². The van der Waals surface area contributed by atoms with Gasteiger partial charge in [-0.3, -0.25) is 0 Å². The number of rotatable bonds is 4. The summed E-state index contributed by atoms with van der Waals surface area (Å²) in [6.07, 6.45) is 9.23. The Morgan fingerprint density at radius 1 is 1.14 bits per heavy atom. The molecule has 1 rings (SSSR count). The smallest absolute Gasteiger partial charge is 0.0177 e. The van der Waals surface area contributed by atoms with E-state index in [0.717, 1.165) is 24.7 Å². The summed E-state index contributed by atoms with van der Waals surface area (Å²) < 4.78 is 0. The summed E-state index contributed by atoms with van der Waals surface area (Å²) in [5.41, 5.74) is 6.62. The zero-order chi connectivity index (χ0) is 10.6. The van der Waals surface area contributed by atoms with E-state index < -0.39 is 0 Å². The van der Waals surface area contributed by atoms with Gasteiger partial charge in [-0.2, -0.15) is 0 Å². The molecule has 1 aliphatic carbocycles. The Hall–Kier alpha value is -0.0400. The number of hydrogen-bond acceptors (Lipinski definition) is 1. The summed E-state index contributed by atoms with van der Waals surface area (Å²) in [5.74, 6) is 1.74. The van der Waals surface area contributed by atoms with Gasteiger partial charge in [-0.25, -0.2) is 0 Å². The second kappa shape index (κ2) is 5.16. The van der Waals surface area contributed by atoms with Gasteiger partial charge < -0.3 is 5.73 Å². The lowest BCUT2D eigenvalue weighted by Gasteiger charge is -2.41. The zero-order valence-corrected chi connectivity index (χ0v) is 10.2. The van der Waals surface area contributed by atoms with Crippen molar-refractivity contribution in [2.45, 2.75) is 71.3 Å². The number of hydrogen-bond donors (Lipinski definition) is 1. The monoisotopic (exact) mass is 197 g/mol. The SMILES string of the molecule is CCC1CCCC(C(N)(CC)CC)C1. The summed E-state index contributed by atoms with van der Waals surface area (Å²) in [6.45, 7) is 6.82. The molecule has 1 nitrogen and oxygen atoms in total. The molecule has 2 atom stereocenters. The van der Waals surface area contributed by atoms with Gasteiger partial charge in [0.1, 0.15) is 0 Å². The highest BCUT2D eigenvalue weighted by molar-refractivity contribution is 4.91. The molecule has 2 unspecified atom stereocenters. The summed E-state index contributed by atoms with van der Waals surface area (Å²) in [4.78, 5) is 0. The topological polar surface area (TPSA) is 26.0 Å². The van der Waals surface area contributed by atoms with Gasteiger partial charge in [0.25, 0.3) is 0 Å². The predicted octanol–water partition coefficient (Wildman–Crippen LogP) is 3.72. The van der Waals surface area contributed by atoms with Crippen molar-refractivity contribution in [2.24, 2.45) is 17.6 Å². The summed E-state index contributed by atoms with van der Waals surface area (Å²) in [5, 5.41) is 0. The molecule has 0 aromatic heterocycles. The molecule has 84 valence electrons. The van der Waals surface area contributed by atoms with E-state index in [1.165, 1.54) is 32.1 Å². The summed E-state index contributed by atoms with van der Waals surface area (Å²) >= 11 is 0. The van der Waals surface area contributed by atoms with E-state index >= 15 is 0 Å². The van der Waals surface area contributed by atoms with Crippen LogP contribution in [-0.4, -0.2) is 5.54 Å². The maximum Gasteiger partial charge on any atom is 0.0177 e. The van der Waals surface area contributed by atoms with Gasteiger partial charge in [-0.05, 0) is 37.5 Å². The average molecular weight is 197 g/mol. The molecule has 0 radical (unpaired) electrons. The van der Waals surface area contributed by atoms with E-state index in [9.17, 15) is 0 Å². The van der Waals surface area contributed by atoms with Crippen molar-refractivity contribution in [3.63, 3.8) is 0 Å². The van der Waals surface area contributed by atoms with Crippen LogP contribution in [-0.2, 0) is 0 Å². The van der Waals surface area contributed by atoms with Crippen molar-refractivity contribution < 1.29 is 0 Å². The summed E-state index contributed by atoms with van der Waals surface area (Å²) in [7, 11) is 0. The Bertz CT molecular complexity index is 161. The van der Waals surface area contributed by atoms with Crippen LogP contribution in [0.1, 0.15) is 65.7 Å². The van der Waals surface area contributed by atoms with E-state index in [2.05, 4.69) is 20.8 Å². The molecule has 0 heterocycles. The normalized spacial score (nSPS) is 29.1. The van der Waals surface area contributed by atoms with Gasteiger partial charge in [0.15, 0.2) is 0 Å². The van der Waals surface area contributed by atoms with Crippen LogP contribution in [0.4, 0.5) is 0 Å². The van der Waals surface area contributed by atoms with E-state index in [-0.39, 0.29) is 5.54 Å². The van der Waals surface area contributed by atoms with Crippen LogP contribution in [0.15, 0.2) is 0 Å². The van der Waals surface area contributed by atoms with Crippen LogP contribution in [0.2, 0.25) is 0 Å². The van der Waals surface area contributed by atoms with Crippen LogP contribution < -0.4 is 5.73 Å².